The van der Waals surface area contributed by atoms with Crippen LogP contribution in [-0.2, 0) is 30.7 Å². The number of carbonyl (C=O) groups is 2. The van der Waals surface area contributed by atoms with Crippen LogP contribution in [0.25, 0.3) is 0 Å². The summed E-state index contributed by atoms with van der Waals surface area (Å²) in [5.41, 5.74) is 10.5. The number of carboxylic acid groups (broad SMARTS) is 2. The first-order chi connectivity index (χ1) is 10.1. The summed E-state index contributed by atoms with van der Waals surface area (Å²) in [5, 5.41) is 14.8. The van der Waals surface area contributed by atoms with E-state index >= 15 is 0 Å². The van der Waals surface area contributed by atoms with E-state index in [1.165, 1.54) is 0 Å². The predicted molar refractivity (Wildman–Crippen MR) is 49.7 cm³/mol. The first-order valence-corrected chi connectivity index (χ1v) is 3.18. The fraction of sp³-hybridized carbons (Fsp3) is 0.750. The van der Waals surface area contributed by atoms with E-state index in [9.17, 15) is 0 Å². The minimum Gasteiger partial charge on any atom is -0.473 e. The standard InChI is InChI=1S/C6H14N2.C2H2O4.Pt/c7-5-3-1-2-4-6(5)8;3-1(4)2(5)6;/h5-6H,1-4,7-8H2;(H,3,4)(H,5,6);/t5-,6-;;/m1../s1/i1D2,2D2,3D2,4D2,5D,6D;;. The van der Waals surface area contributed by atoms with Crippen LogP contribution in [0, 0.1) is 0 Å². The first-order valence-electron chi connectivity index (χ1n) is 8.18. The topological polar surface area (TPSA) is 127 Å². The normalized spacial score (nSPS) is 57.2. The summed E-state index contributed by atoms with van der Waals surface area (Å²) in [6.45, 7) is 0. The number of nitrogens with two attached hydrogens (primary N) is 2. The van der Waals surface area contributed by atoms with Crippen molar-refractivity contribution in [1.29, 1.82) is 0 Å². The zero-order chi connectivity index (χ0) is 20.2. The minimum atomic E-state index is -3.43. The van der Waals surface area contributed by atoms with Gasteiger partial charge in [0.2, 0.25) is 0 Å². The third-order valence-electron chi connectivity index (χ3n) is 0.930. The Morgan fingerprint density at radius 2 is 1.40 bits per heavy atom. The molecule has 1 aliphatic rings. The van der Waals surface area contributed by atoms with Crippen LogP contribution in [0.15, 0.2) is 0 Å². The molecule has 0 amide bonds. The summed E-state index contributed by atoms with van der Waals surface area (Å²) in [5.74, 6) is -3.65. The van der Waals surface area contributed by atoms with Gasteiger partial charge in [-0.05, 0) is 12.7 Å². The maximum Gasteiger partial charge on any atom is 0.414 e. The van der Waals surface area contributed by atoms with Crippen molar-refractivity contribution in [1.82, 2.24) is 0 Å². The second-order valence-corrected chi connectivity index (χ2v) is 1.94. The molecule has 0 radical (unpaired) electrons. The Morgan fingerprint density at radius 3 is 1.60 bits per heavy atom. The van der Waals surface area contributed by atoms with Crippen molar-refractivity contribution in [2.24, 2.45) is 11.5 Å². The van der Waals surface area contributed by atoms with Crippen LogP contribution in [0.1, 0.15) is 39.2 Å². The number of hydrogen-bond acceptors (Lipinski definition) is 4. The summed E-state index contributed by atoms with van der Waals surface area (Å²) in [7, 11) is 0. The van der Waals surface area contributed by atoms with Gasteiger partial charge in [0, 0.05) is 46.8 Å². The van der Waals surface area contributed by atoms with Crippen molar-refractivity contribution in [2.45, 2.75) is 37.5 Å². The summed E-state index contributed by atoms with van der Waals surface area (Å²) < 4.78 is 74.9. The van der Waals surface area contributed by atoms with Crippen LogP contribution in [-0.4, -0.2) is 34.2 Å². The van der Waals surface area contributed by atoms with Crippen molar-refractivity contribution in [3.8, 4) is 0 Å². The van der Waals surface area contributed by atoms with Gasteiger partial charge < -0.3 is 21.7 Å². The zero-order valence-corrected chi connectivity index (χ0v) is 9.45. The molecule has 2 atom stereocenters. The van der Waals surface area contributed by atoms with Gasteiger partial charge in [-0.1, -0.05) is 12.7 Å². The molecule has 0 bridgehead atoms. The van der Waals surface area contributed by atoms with Crippen molar-refractivity contribution in [3.05, 3.63) is 0 Å². The molecule has 7 heteroatoms. The fourth-order valence-corrected chi connectivity index (χ4v) is 0.332. The summed E-state index contributed by atoms with van der Waals surface area (Å²) in [6, 6.07) is -6.34. The average Bonchev–Trinajstić information content (AvgIpc) is 2.36. The van der Waals surface area contributed by atoms with E-state index in [0.29, 0.717) is 0 Å². The third kappa shape index (κ3) is 8.54. The molecule has 1 aliphatic carbocycles. The Hall–Kier alpha value is -0.452. The average molecular weight is 409 g/mol. The van der Waals surface area contributed by atoms with Crippen LogP contribution in [0.3, 0.4) is 0 Å². The fourth-order valence-electron chi connectivity index (χ4n) is 0.332. The molecule has 0 aliphatic heterocycles. The molecule has 0 saturated heterocycles. The molecule has 15 heavy (non-hydrogen) atoms. The first kappa shape index (κ1) is 5.25. The predicted octanol–water partition coefficient (Wildman–Crippen LogP) is -0.632. The van der Waals surface area contributed by atoms with Crippen molar-refractivity contribution in [2.75, 3.05) is 0 Å². The monoisotopic (exact) mass is 409 g/mol. The van der Waals surface area contributed by atoms with Gasteiger partial charge in [0.25, 0.3) is 0 Å². The van der Waals surface area contributed by atoms with E-state index in [0.717, 1.165) is 0 Å². The molecule has 0 heterocycles. The Balaban J connectivity index is 0. The van der Waals surface area contributed by atoms with Gasteiger partial charge in [0.05, 0.1) is 0 Å². The molecule has 0 spiro atoms. The largest absolute Gasteiger partial charge is 0.473 e. The molecule has 1 fully saturated rings. The van der Waals surface area contributed by atoms with Crippen LogP contribution < -0.4 is 11.5 Å². The quantitative estimate of drug-likeness (QED) is 0.395. The Labute approximate surface area is 116 Å². The summed E-state index contributed by atoms with van der Waals surface area (Å²) >= 11 is 0. The van der Waals surface area contributed by atoms with Crippen LogP contribution in [0.4, 0.5) is 0 Å². The van der Waals surface area contributed by atoms with Crippen molar-refractivity contribution in [3.63, 3.8) is 0 Å². The van der Waals surface area contributed by atoms with Crippen LogP contribution in [0.2, 0.25) is 0 Å². The van der Waals surface area contributed by atoms with E-state index in [2.05, 4.69) is 0 Å². The van der Waals surface area contributed by atoms with E-state index < -0.39 is 49.5 Å². The number of carboxylic acids is 2. The van der Waals surface area contributed by atoms with E-state index in [4.69, 9.17) is 45.0 Å². The SMILES string of the molecule is O=C(O)C(=O)O.[2H]C1([2H])C([2H])([2H])C([2H])([2H])[C@@]([2H])(N)[C@]([2H])(N)C1([2H])[2H].[Pt]. The molecular weight excluding hydrogens is 383 g/mol. The second-order valence-electron chi connectivity index (χ2n) is 1.94. The van der Waals surface area contributed by atoms with Crippen molar-refractivity contribution >= 4 is 11.9 Å². The number of rotatable bonds is 0. The minimum absolute atomic E-state index is 0. The van der Waals surface area contributed by atoms with Crippen LogP contribution >= 0.6 is 0 Å². The second kappa shape index (κ2) is 8.82. The Kier molecular flexibility index (Phi) is 3.09. The van der Waals surface area contributed by atoms with Crippen LogP contribution in [0.5, 0.6) is 0 Å². The van der Waals surface area contributed by atoms with Gasteiger partial charge >= 0.3 is 11.9 Å². The number of aliphatic carboxylic acids is 2. The van der Waals surface area contributed by atoms with Crippen molar-refractivity contribution < 1.29 is 54.6 Å². The van der Waals surface area contributed by atoms with Gasteiger partial charge in [-0.15, -0.1) is 0 Å². The molecule has 92 valence electrons. The molecule has 0 aromatic carbocycles. The van der Waals surface area contributed by atoms with Gasteiger partial charge in [0.1, 0.15) is 0 Å². The Bertz CT molecular complexity index is 424. The van der Waals surface area contributed by atoms with Gasteiger partial charge in [-0.25, -0.2) is 9.59 Å². The van der Waals surface area contributed by atoms with E-state index in [1.807, 2.05) is 0 Å². The third-order valence-corrected chi connectivity index (χ3v) is 0.930. The molecule has 0 aromatic rings. The summed E-state index contributed by atoms with van der Waals surface area (Å²) in [6.07, 6.45) is -13.6. The number of hydrogen-bond donors (Lipinski definition) is 4. The smallest absolute Gasteiger partial charge is 0.414 e. The maximum absolute atomic E-state index is 9.10. The maximum atomic E-state index is 9.10. The van der Waals surface area contributed by atoms with Gasteiger partial charge in [-0.3, -0.25) is 0 Å². The zero-order valence-electron chi connectivity index (χ0n) is 17.2. The Morgan fingerprint density at radius 1 is 1.13 bits per heavy atom. The molecular formula is C8H16N2O4Pt. The molecule has 6 nitrogen and oxygen atoms in total. The van der Waals surface area contributed by atoms with E-state index in [-0.39, 0.29) is 21.1 Å². The molecule has 1 rings (SSSR count). The van der Waals surface area contributed by atoms with E-state index in [1.54, 1.807) is 0 Å². The molecule has 1 saturated carbocycles. The molecule has 0 aromatic heterocycles. The molecule has 6 N–H and O–H groups in total. The van der Waals surface area contributed by atoms with Gasteiger partial charge in [-0.2, -0.15) is 0 Å². The van der Waals surface area contributed by atoms with Gasteiger partial charge in [0.15, 0.2) is 0 Å². The molecule has 0 unspecified atom stereocenters. The summed E-state index contributed by atoms with van der Waals surface area (Å²) in [4.78, 5) is 18.2.